The second kappa shape index (κ2) is 10.0. The quantitative estimate of drug-likeness (QED) is 0.644. The molecule has 0 radical (unpaired) electrons. The van der Waals surface area contributed by atoms with Crippen LogP contribution in [0.5, 0.6) is 0 Å². The van der Waals surface area contributed by atoms with Gasteiger partial charge in [0.05, 0.1) is 17.2 Å². The van der Waals surface area contributed by atoms with Gasteiger partial charge in [0.15, 0.2) is 6.61 Å². The molecule has 0 aliphatic carbocycles. The van der Waals surface area contributed by atoms with E-state index in [1.165, 1.54) is 0 Å². The number of esters is 1. The minimum atomic E-state index is -0.570. The summed E-state index contributed by atoms with van der Waals surface area (Å²) in [6.45, 7) is 8.08. The highest BCUT2D eigenvalue weighted by molar-refractivity contribution is 6.04. The maximum Gasteiger partial charge on any atom is 0.311 e. The van der Waals surface area contributed by atoms with Gasteiger partial charge in [-0.25, -0.2) is 0 Å². The molecule has 1 heterocycles. The molecule has 8 heteroatoms. The van der Waals surface area contributed by atoms with Gasteiger partial charge in [-0.05, 0) is 31.9 Å². The van der Waals surface area contributed by atoms with Crippen LogP contribution in [0.2, 0.25) is 0 Å². The average molecular weight is 403 g/mol. The predicted molar refractivity (Wildman–Crippen MR) is 108 cm³/mol. The maximum absolute atomic E-state index is 12.3. The lowest BCUT2D eigenvalue weighted by atomic mass is 10.1. The standard InChI is InChI=1S/C21H29N3O5/c1-13(2)10-22-20(27)16-7-5-6-8-17(16)23-18(25)12-29-21(28)15-9-19(26)24(11-15)14(3)4/h5-8,13-15H,9-12H2,1-4H3,(H,22,27)(H,23,25). The van der Waals surface area contributed by atoms with E-state index in [0.717, 1.165) is 0 Å². The third-order valence-corrected chi connectivity index (χ3v) is 4.58. The van der Waals surface area contributed by atoms with Gasteiger partial charge in [-0.1, -0.05) is 26.0 Å². The summed E-state index contributed by atoms with van der Waals surface area (Å²) < 4.78 is 5.09. The van der Waals surface area contributed by atoms with Crippen molar-refractivity contribution in [3.8, 4) is 0 Å². The van der Waals surface area contributed by atoms with E-state index < -0.39 is 24.4 Å². The van der Waals surface area contributed by atoms with Crippen LogP contribution in [0.4, 0.5) is 5.69 Å². The summed E-state index contributed by atoms with van der Waals surface area (Å²) in [7, 11) is 0. The van der Waals surface area contributed by atoms with Gasteiger partial charge in [-0.15, -0.1) is 0 Å². The van der Waals surface area contributed by atoms with Crippen molar-refractivity contribution in [1.82, 2.24) is 10.2 Å². The van der Waals surface area contributed by atoms with Gasteiger partial charge < -0.3 is 20.3 Å². The van der Waals surface area contributed by atoms with Crippen molar-refractivity contribution < 1.29 is 23.9 Å². The molecule has 3 amide bonds. The van der Waals surface area contributed by atoms with Gasteiger partial charge in [0.25, 0.3) is 11.8 Å². The van der Waals surface area contributed by atoms with E-state index in [0.29, 0.717) is 30.3 Å². The number of rotatable bonds is 8. The van der Waals surface area contributed by atoms with Crippen molar-refractivity contribution in [3.63, 3.8) is 0 Å². The lowest BCUT2D eigenvalue weighted by Gasteiger charge is -2.20. The van der Waals surface area contributed by atoms with Gasteiger partial charge in [0.2, 0.25) is 5.91 Å². The number of nitrogens with zero attached hydrogens (tertiary/aromatic N) is 1. The number of benzene rings is 1. The summed E-state index contributed by atoms with van der Waals surface area (Å²) in [5.74, 6) is -1.76. The van der Waals surface area contributed by atoms with Crippen LogP contribution in [0.3, 0.4) is 0 Å². The smallest absolute Gasteiger partial charge is 0.311 e. The Bertz CT molecular complexity index is 775. The Morgan fingerprint density at radius 3 is 2.48 bits per heavy atom. The Morgan fingerprint density at radius 2 is 1.86 bits per heavy atom. The molecule has 0 spiro atoms. The number of hydrogen-bond donors (Lipinski definition) is 2. The first-order valence-corrected chi connectivity index (χ1v) is 9.82. The summed E-state index contributed by atoms with van der Waals surface area (Å²) in [5, 5.41) is 5.41. The van der Waals surface area contributed by atoms with Crippen LogP contribution < -0.4 is 10.6 Å². The first kappa shape index (κ1) is 22.4. The number of nitrogens with one attached hydrogen (secondary N) is 2. The SMILES string of the molecule is CC(C)CNC(=O)c1ccccc1NC(=O)COC(=O)C1CC(=O)N(C(C)C)C1. The van der Waals surface area contributed by atoms with Crippen LogP contribution in [0, 0.1) is 11.8 Å². The van der Waals surface area contributed by atoms with Gasteiger partial charge in [-0.2, -0.15) is 0 Å². The Hall–Kier alpha value is -2.90. The van der Waals surface area contributed by atoms with Crippen LogP contribution in [0.15, 0.2) is 24.3 Å². The maximum atomic E-state index is 12.3. The Balaban J connectivity index is 1.89. The topological polar surface area (TPSA) is 105 Å². The molecule has 1 aliphatic heterocycles. The minimum Gasteiger partial charge on any atom is -0.455 e. The highest BCUT2D eigenvalue weighted by Crippen LogP contribution is 2.21. The number of anilines is 1. The molecule has 1 saturated heterocycles. The molecule has 1 aromatic carbocycles. The van der Waals surface area contributed by atoms with Gasteiger partial charge in [-0.3, -0.25) is 19.2 Å². The molecule has 0 bridgehead atoms. The summed E-state index contributed by atoms with van der Waals surface area (Å²) in [5.41, 5.74) is 0.679. The predicted octanol–water partition coefficient (Wildman–Crippen LogP) is 1.81. The van der Waals surface area contributed by atoms with Gasteiger partial charge in [0, 0.05) is 25.6 Å². The van der Waals surface area contributed by atoms with Crippen LogP contribution >= 0.6 is 0 Å². The molecular formula is C21H29N3O5. The number of carbonyl (C=O) groups is 4. The van der Waals surface area contributed by atoms with E-state index in [2.05, 4.69) is 10.6 Å². The molecule has 1 atom stereocenters. The fraction of sp³-hybridized carbons (Fsp3) is 0.524. The van der Waals surface area contributed by atoms with Crippen molar-refractivity contribution in [2.45, 2.75) is 40.2 Å². The molecule has 158 valence electrons. The second-order valence-corrected chi connectivity index (χ2v) is 7.85. The molecule has 2 N–H and O–H groups in total. The number of amides is 3. The number of likely N-dealkylation sites (tertiary alicyclic amines) is 1. The molecule has 1 fully saturated rings. The first-order chi connectivity index (χ1) is 13.7. The summed E-state index contributed by atoms with van der Waals surface area (Å²) in [6.07, 6.45) is 0.0947. The van der Waals surface area contributed by atoms with Crippen molar-refractivity contribution in [2.24, 2.45) is 11.8 Å². The summed E-state index contributed by atoms with van der Waals surface area (Å²) in [4.78, 5) is 50.3. The van der Waals surface area contributed by atoms with E-state index in [9.17, 15) is 19.2 Å². The average Bonchev–Trinajstić information content (AvgIpc) is 3.06. The zero-order chi connectivity index (χ0) is 21.6. The van der Waals surface area contributed by atoms with Crippen molar-refractivity contribution in [3.05, 3.63) is 29.8 Å². The molecule has 29 heavy (non-hydrogen) atoms. The van der Waals surface area contributed by atoms with Crippen LogP contribution in [0.1, 0.15) is 44.5 Å². The number of hydrogen-bond acceptors (Lipinski definition) is 5. The molecule has 1 aromatic rings. The number of para-hydroxylation sites is 1. The lowest BCUT2D eigenvalue weighted by molar-refractivity contribution is -0.151. The van der Waals surface area contributed by atoms with E-state index in [1.807, 2.05) is 27.7 Å². The van der Waals surface area contributed by atoms with Crippen LogP contribution in [-0.4, -0.2) is 54.3 Å². The van der Waals surface area contributed by atoms with Crippen molar-refractivity contribution in [2.75, 3.05) is 25.0 Å². The van der Waals surface area contributed by atoms with E-state index >= 15 is 0 Å². The van der Waals surface area contributed by atoms with Gasteiger partial charge in [0.1, 0.15) is 0 Å². The third-order valence-electron chi connectivity index (χ3n) is 4.58. The number of ether oxygens (including phenoxy) is 1. The van der Waals surface area contributed by atoms with E-state index in [1.54, 1.807) is 29.2 Å². The molecule has 2 rings (SSSR count). The zero-order valence-electron chi connectivity index (χ0n) is 17.4. The molecule has 1 aliphatic rings. The molecule has 8 nitrogen and oxygen atoms in total. The van der Waals surface area contributed by atoms with Crippen molar-refractivity contribution >= 4 is 29.4 Å². The molecule has 0 aromatic heterocycles. The molecule has 0 saturated carbocycles. The van der Waals surface area contributed by atoms with Gasteiger partial charge >= 0.3 is 5.97 Å². The van der Waals surface area contributed by atoms with Crippen molar-refractivity contribution in [1.29, 1.82) is 0 Å². The second-order valence-electron chi connectivity index (χ2n) is 7.85. The fourth-order valence-electron chi connectivity index (χ4n) is 3.01. The lowest BCUT2D eigenvalue weighted by Crippen LogP contribution is -2.33. The fourth-order valence-corrected chi connectivity index (χ4v) is 3.01. The van der Waals surface area contributed by atoms with E-state index in [-0.39, 0.29) is 24.3 Å². The van der Waals surface area contributed by atoms with Crippen LogP contribution in [0.25, 0.3) is 0 Å². The summed E-state index contributed by atoms with van der Waals surface area (Å²) >= 11 is 0. The third kappa shape index (κ3) is 6.30. The Morgan fingerprint density at radius 1 is 1.17 bits per heavy atom. The molecule has 1 unspecified atom stereocenters. The van der Waals surface area contributed by atoms with E-state index in [4.69, 9.17) is 4.74 Å². The van der Waals surface area contributed by atoms with Crippen LogP contribution in [-0.2, 0) is 19.1 Å². The highest BCUT2D eigenvalue weighted by Gasteiger charge is 2.36. The summed E-state index contributed by atoms with van der Waals surface area (Å²) in [6, 6.07) is 6.65. The molecular weight excluding hydrogens is 374 g/mol. The number of carbonyl (C=O) groups excluding carboxylic acids is 4. The zero-order valence-corrected chi connectivity index (χ0v) is 17.4. The monoisotopic (exact) mass is 403 g/mol. The Labute approximate surface area is 171 Å². The Kier molecular flexibility index (Phi) is 7.75. The minimum absolute atomic E-state index is 0.0157. The highest BCUT2D eigenvalue weighted by atomic mass is 16.5. The normalized spacial score (nSPS) is 16.3. The largest absolute Gasteiger partial charge is 0.455 e. The first-order valence-electron chi connectivity index (χ1n) is 9.82.